The molecule has 0 radical (unpaired) electrons. The van der Waals surface area contributed by atoms with Crippen LogP contribution in [0.25, 0.3) is 0 Å². The Morgan fingerprint density at radius 1 is 1.14 bits per heavy atom. The average Bonchev–Trinajstić information content (AvgIpc) is 2.40. The van der Waals surface area contributed by atoms with Crippen LogP contribution < -0.4 is 10.1 Å². The van der Waals surface area contributed by atoms with Crippen molar-refractivity contribution in [2.24, 2.45) is 0 Å². The minimum absolute atomic E-state index is 0.0339. The zero-order chi connectivity index (χ0) is 15.4. The van der Waals surface area contributed by atoms with Gasteiger partial charge in [-0.25, -0.2) is 4.39 Å². The second-order valence-corrected chi connectivity index (χ2v) is 5.36. The van der Waals surface area contributed by atoms with E-state index in [1.54, 1.807) is 6.07 Å². The monoisotopic (exact) mass is 287 g/mol. The van der Waals surface area contributed by atoms with Gasteiger partial charge in [-0.1, -0.05) is 25.1 Å². The highest BCUT2D eigenvalue weighted by atomic mass is 19.1. The van der Waals surface area contributed by atoms with E-state index in [0.717, 1.165) is 23.2 Å². The predicted molar refractivity (Wildman–Crippen MR) is 84.5 cm³/mol. The Morgan fingerprint density at radius 2 is 1.81 bits per heavy atom. The van der Waals surface area contributed by atoms with E-state index >= 15 is 0 Å². The summed E-state index contributed by atoms with van der Waals surface area (Å²) in [5.41, 5.74) is 3.03. The van der Waals surface area contributed by atoms with Crippen molar-refractivity contribution in [2.75, 3.05) is 6.54 Å². The molecule has 0 aliphatic rings. The van der Waals surface area contributed by atoms with Crippen molar-refractivity contribution in [3.8, 4) is 11.5 Å². The molecule has 0 bridgehead atoms. The number of benzene rings is 2. The lowest BCUT2D eigenvalue weighted by Crippen LogP contribution is -2.18. The van der Waals surface area contributed by atoms with Gasteiger partial charge in [0.2, 0.25) is 0 Å². The number of para-hydroxylation sites is 1. The number of rotatable bonds is 5. The quantitative estimate of drug-likeness (QED) is 0.844. The molecule has 0 saturated heterocycles. The predicted octanol–water partition coefficient (Wildman–Crippen LogP) is 4.91. The van der Waals surface area contributed by atoms with Crippen molar-refractivity contribution in [1.82, 2.24) is 5.32 Å². The normalized spacial score (nSPS) is 12.2. The van der Waals surface area contributed by atoms with Crippen LogP contribution >= 0.6 is 0 Å². The highest BCUT2D eigenvalue weighted by Crippen LogP contribution is 2.33. The maximum absolute atomic E-state index is 14.2. The minimum Gasteiger partial charge on any atom is -0.454 e. The molecule has 1 atom stereocenters. The number of nitrogens with one attached hydrogen (secondary N) is 1. The molecule has 0 aromatic heterocycles. The van der Waals surface area contributed by atoms with Crippen LogP contribution in [0.5, 0.6) is 11.5 Å². The summed E-state index contributed by atoms with van der Waals surface area (Å²) in [7, 11) is 0. The number of aryl methyl sites for hydroxylation is 2. The molecule has 0 aliphatic carbocycles. The summed E-state index contributed by atoms with van der Waals surface area (Å²) in [6, 6.07) is 11.0. The van der Waals surface area contributed by atoms with Crippen molar-refractivity contribution in [1.29, 1.82) is 0 Å². The van der Waals surface area contributed by atoms with Gasteiger partial charge in [0.15, 0.2) is 11.6 Å². The fraction of sp³-hybridized carbons (Fsp3) is 0.333. The first-order valence-corrected chi connectivity index (χ1v) is 7.29. The Labute approximate surface area is 126 Å². The van der Waals surface area contributed by atoms with Gasteiger partial charge in [-0.15, -0.1) is 0 Å². The topological polar surface area (TPSA) is 21.3 Å². The second kappa shape index (κ2) is 6.72. The molecule has 0 fully saturated rings. The van der Waals surface area contributed by atoms with Gasteiger partial charge in [0.1, 0.15) is 5.75 Å². The third-order valence-electron chi connectivity index (χ3n) is 3.39. The lowest BCUT2D eigenvalue weighted by atomic mass is 10.1. The first-order valence-electron chi connectivity index (χ1n) is 7.29. The molecule has 0 aliphatic heterocycles. The maximum atomic E-state index is 14.2. The number of ether oxygens (including phenoxy) is 1. The van der Waals surface area contributed by atoms with Crippen LogP contribution in [0.2, 0.25) is 0 Å². The van der Waals surface area contributed by atoms with Gasteiger partial charge in [0.25, 0.3) is 0 Å². The molecule has 0 saturated carbocycles. The van der Waals surface area contributed by atoms with Crippen LogP contribution in [0.4, 0.5) is 4.39 Å². The summed E-state index contributed by atoms with van der Waals surface area (Å²) < 4.78 is 20.0. The summed E-state index contributed by atoms with van der Waals surface area (Å²) in [5, 5.41) is 3.29. The molecular weight excluding hydrogens is 265 g/mol. The molecule has 0 spiro atoms. The largest absolute Gasteiger partial charge is 0.454 e. The molecule has 21 heavy (non-hydrogen) atoms. The van der Waals surface area contributed by atoms with Crippen LogP contribution in [0.3, 0.4) is 0 Å². The zero-order valence-electron chi connectivity index (χ0n) is 13.0. The summed E-state index contributed by atoms with van der Waals surface area (Å²) in [6.45, 7) is 8.86. The third kappa shape index (κ3) is 3.82. The third-order valence-corrected chi connectivity index (χ3v) is 3.39. The molecular formula is C18H22FNO. The second-order valence-electron chi connectivity index (χ2n) is 5.36. The van der Waals surface area contributed by atoms with Crippen LogP contribution in [0.1, 0.15) is 36.6 Å². The van der Waals surface area contributed by atoms with E-state index in [1.807, 2.05) is 45.9 Å². The van der Waals surface area contributed by atoms with Gasteiger partial charge in [-0.3, -0.25) is 0 Å². The van der Waals surface area contributed by atoms with Gasteiger partial charge in [-0.2, -0.15) is 0 Å². The Morgan fingerprint density at radius 3 is 2.43 bits per heavy atom. The highest BCUT2D eigenvalue weighted by molar-refractivity contribution is 5.42. The Bertz CT molecular complexity index is 604. The van der Waals surface area contributed by atoms with Gasteiger partial charge in [-0.05, 0) is 56.6 Å². The van der Waals surface area contributed by atoms with E-state index in [0.29, 0.717) is 11.5 Å². The first kappa shape index (κ1) is 15.5. The van der Waals surface area contributed by atoms with Crippen molar-refractivity contribution in [3.05, 3.63) is 58.9 Å². The smallest absolute Gasteiger partial charge is 0.167 e. The van der Waals surface area contributed by atoms with Crippen molar-refractivity contribution in [2.45, 2.75) is 33.7 Å². The van der Waals surface area contributed by atoms with Crippen molar-refractivity contribution >= 4 is 0 Å². The van der Waals surface area contributed by atoms with Crippen LogP contribution in [-0.4, -0.2) is 6.54 Å². The molecule has 0 heterocycles. The van der Waals surface area contributed by atoms with Gasteiger partial charge >= 0.3 is 0 Å². The van der Waals surface area contributed by atoms with Crippen molar-refractivity contribution < 1.29 is 9.13 Å². The van der Waals surface area contributed by atoms with Gasteiger partial charge in [0, 0.05) is 11.6 Å². The van der Waals surface area contributed by atoms with Crippen LogP contribution in [0.15, 0.2) is 36.4 Å². The van der Waals surface area contributed by atoms with Gasteiger partial charge in [0.05, 0.1) is 0 Å². The molecule has 1 N–H and O–H groups in total. The van der Waals surface area contributed by atoms with Crippen LogP contribution in [-0.2, 0) is 0 Å². The molecule has 0 amide bonds. The Kier molecular flexibility index (Phi) is 4.97. The Balaban J connectivity index is 2.38. The summed E-state index contributed by atoms with van der Waals surface area (Å²) in [5.74, 6) is 0.634. The maximum Gasteiger partial charge on any atom is 0.167 e. The lowest BCUT2D eigenvalue weighted by molar-refractivity contribution is 0.426. The fourth-order valence-corrected chi connectivity index (χ4v) is 2.50. The minimum atomic E-state index is -0.337. The van der Waals surface area contributed by atoms with Crippen molar-refractivity contribution in [3.63, 3.8) is 0 Å². The van der Waals surface area contributed by atoms with E-state index in [9.17, 15) is 4.39 Å². The lowest BCUT2D eigenvalue weighted by Gasteiger charge is -2.18. The van der Waals surface area contributed by atoms with Gasteiger partial charge < -0.3 is 10.1 Å². The zero-order valence-corrected chi connectivity index (χ0v) is 13.0. The van der Waals surface area contributed by atoms with Crippen LogP contribution in [0, 0.1) is 19.7 Å². The SMILES string of the molecule is CCNC(C)c1cccc(F)c1Oc1cc(C)cc(C)c1. The van der Waals surface area contributed by atoms with E-state index in [2.05, 4.69) is 11.4 Å². The Hall–Kier alpha value is -1.87. The number of hydrogen-bond donors (Lipinski definition) is 1. The summed E-state index contributed by atoms with van der Waals surface area (Å²) >= 11 is 0. The van der Waals surface area contributed by atoms with E-state index in [4.69, 9.17) is 4.74 Å². The standard InChI is InChI=1S/C18H22FNO/c1-5-20-14(4)16-7-6-8-17(19)18(16)21-15-10-12(2)9-13(3)11-15/h6-11,14,20H,5H2,1-4H3. The van der Waals surface area contributed by atoms with E-state index in [1.165, 1.54) is 6.07 Å². The number of halogens is 1. The van der Waals surface area contributed by atoms with E-state index < -0.39 is 0 Å². The first-order chi connectivity index (χ1) is 10.0. The number of hydrogen-bond acceptors (Lipinski definition) is 2. The molecule has 2 aromatic carbocycles. The molecule has 112 valence electrons. The summed E-state index contributed by atoms with van der Waals surface area (Å²) in [4.78, 5) is 0. The molecule has 1 unspecified atom stereocenters. The summed E-state index contributed by atoms with van der Waals surface area (Å²) in [6.07, 6.45) is 0. The molecule has 2 aromatic rings. The van der Waals surface area contributed by atoms with E-state index in [-0.39, 0.29) is 11.9 Å². The fourth-order valence-electron chi connectivity index (χ4n) is 2.50. The molecule has 2 nitrogen and oxygen atoms in total. The molecule has 2 rings (SSSR count). The highest BCUT2D eigenvalue weighted by Gasteiger charge is 2.16. The molecule has 3 heteroatoms. The average molecular weight is 287 g/mol.